The molecule has 4 amide bonds. The minimum Gasteiger partial charge on any atom is -0.508 e. The molecular weight excluding hydrogens is 577 g/mol. The molecule has 0 spiro atoms. The van der Waals surface area contributed by atoms with Gasteiger partial charge in [-0.15, -0.1) is 0 Å². The van der Waals surface area contributed by atoms with Crippen LogP contribution < -0.4 is 16.4 Å². The molecule has 2 unspecified atom stereocenters. The molecule has 0 aromatic heterocycles. The zero-order valence-corrected chi connectivity index (χ0v) is 27.1. The molecule has 1 aliphatic heterocycles. The summed E-state index contributed by atoms with van der Waals surface area (Å²) in [7, 11) is 1.52. The Morgan fingerprint density at radius 2 is 1.69 bits per heavy atom. The van der Waals surface area contributed by atoms with Crippen LogP contribution in [0.4, 0.5) is 4.39 Å². The van der Waals surface area contributed by atoms with Gasteiger partial charge in [0, 0.05) is 40.0 Å². The third kappa shape index (κ3) is 10.3. The largest absolute Gasteiger partial charge is 0.508 e. The van der Waals surface area contributed by atoms with Crippen molar-refractivity contribution in [2.45, 2.75) is 89.8 Å². The molecule has 1 aliphatic rings. The van der Waals surface area contributed by atoms with Crippen LogP contribution in [0.3, 0.4) is 0 Å². The minimum absolute atomic E-state index is 0.0679. The molecule has 1 fully saturated rings. The summed E-state index contributed by atoms with van der Waals surface area (Å²) in [5.74, 6) is -1.65. The van der Waals surface area contributed by atoms with Gasteiger partial charge in [-0.2, -0.15) is 0 Å². The summed E-state index contributed by atoms with van der Waals surface area (Å²) in [4.78, 5) is 56.1. The summed E-state index contributed by atoms with van der Waals surface area (Å²) in [6.45, 7) is 8.74. The number of phenolic OH excluding ortho intramolecular Hbond substituents is 1. The van der Waals surface area contributed by atoms with E-state index in [0.717, 1.165) is 11.1 Å². The average Bonchev–Trinajstić information content (AvgIpc) is 2.97. The fraction of sp³-hybridized carbons (Fsp3) is 0.529. The molecule has 5 N–H and O–H groups in total. The highest BCUT2D eigenvalue weighted by Gasteiger charge is 2.33. The molecule has 246 valence electrons. The molecule has 3 atom stereocenters. The van der Waals surface area contributed by atoms with Crippen LogP contribution in [0, 0.1) is 5.82 Å². The molecule has 1 saturated heterocycles. The van der Waals surface area contributed by atoms with Crippen molar-refractivity contribution in [1.29, 1.82) is 0 Å². The quantitative estimate of drug-likeness (QED) is 0.389. The van der Waals surface area contributed by atoms with E-state index in [1.807, 2.05) is 26.8 Å². The first-order valence-corrected chi connectivity index (χ1v) is 15.6. The Labute approximate surface area is 265 Å². The van der Waals surface area contributed by atoms with Crippen molar-refractivity contribution in [3.05, 3.63) is 65.0 Å². The van der Waals surface area contributed by atoms with E-state index >= 15 is 0 Å². The Morgan fingerprint density at radius 1 is 1.04 bits per heavy atom. The molecule has 0 radical (unpaired) electrons. The number of amides is 4. The fourth-order valence-corrected chi connectivity index (χ4v) is 5.57. The maximum Gasteiger partial charge on any atom is 0.243 e. The number of hydrogen-bond acceptors (Lipinski definition) is 6. The van der Waals surface area contributed by atoms with E-state index < -0.39 is 35.8 Å². The minimum atomic E-state index is -0.971. The van der Waals surface area contributed by atoms with Gasteiger partial charge in [0.1, 0.15) is 23.7 Å². The number of nitrogens with zero attached hydrogens (tertiary/aromatic N) is 2. The Bertz CT molecular complexity index is 1340. The number of nitrogens with two attached hydrogens (primary N) is 1. The summed E-state index contributed by atoms with van der Waals surface area (Å²) in [6.07, 6.45) is 2.36. The van der Waals surface area contributed by atoms with Crippen LogP contribution in [0.15, 0.2) is 42.5 Å². The van der Waals surface area contributed by atoms with Crippen molar-refractivity contribution in [1.82, 2.24) is 20.4 Å². The van der Waals surface area contributed by atoms with Crippen LogP contribution in [0.2, 0.25) is 0 Å². The molecule has 10 nitrogen and oxygen atoms in total. The molecule has 1 heterocycles. The van der Waals surface area contributed by atoms with Gasteiger partial charge in [0.05, 0.1) is 6.04 Å². The molecule has 0 aliphatic carbocycles. The van der Waals surface area contributed by atoms with Crippen LogP contribution in [-0.4, -0.2) is 83.3 Å². The maximum absolute atomic E-state index is 13.9. The zero-order chi connectivity index (χ0) is 33.3. The van der Waals surface area contributed by atoms with Gasteiger partial charge in [-0.1, -0.05) is 45.0 Å². The molecule has 2 aromatic carbocycles. The third-order valence-corrected chi connectivity index (χ3v) is 8.25. The number of halogens is 1. The van der Waals surface area contributed by atoms with Crippen molar-refractivity contribution in [3.8, 4) is 5.75 Å². The van der Waals surface area contributed by atoms with Gasteiger partial charge in [-0.3, -0.25) is 19.2 Å². The highest BCUT2D eigenvalue weighted by Crippen LogP contribution is 2.31. The fourth-order valence-electron chi connectivity index (χ4n) is 5.57. The van der Waals surface area contributed by atoms with E-state index in [9.17, 15) is 28.7 Å². The number of hydrogen-bond donors (Lipinski definition) is 4. The van der Waals surface area contributed by atoms with Crippen LogP contribution in [-0.2, 0) is 37.4 Å². The molecular formula is C34H48FN5O5. The standard InChI is InChI=1S/C34H48FN5O5/c1-22(41)40-17-7-6-9-29(39(5)33(45)27(36)20-23-10-13-25(35)14-11-23)32(44)38-28(31(43)37-16-8-18-40)21-24-12-15-30(42)26(19-24)34(2,3)4/h10-15,19,27-29,42H,6-9,16-18,20-21,36H2,1-5H3,(H,37,43)(H,38,44)/t27-,28?,29?/m0/s1. The molecule has 3 rings (SSSR count). The Hall–Kier alpha value is -3.99. The van der Waals surface area contributed by atoms with Gasteiger partial charge in [-0.05, 0) is 72.4 Å². The molecule has 0 bridgehead atoms. The summed E-state index contributed by atoms with van der Waals surface area (Å²) in [6, 6.07) is 8.03. The lowest BCUT2D eigenvalue weighted by Crippen LogP contribution is -2.57. The highest BCUT2D eigenvalue weighted by atomic mass is 19.1. The van der Waals surface area contributed by atoms with E-state index in [-0.39, 0.29) is 35.8 Å². The van der Waals surface area contributed by atoms with Crippen molar-refractivity contribution < 1.29 is 28.7 Å². The third-order valence-electron chi connectivity index (χ3n) is 8.25. The average molecular weight is 626 g/mol. The van der Waals surface area contributed by atoms with Crippen molar-refractivity contribution >= 4 is 23.6 Å². The van der Waals surface area contributed by atoms with E-state index in [1.165, 1.54) is 31.0 Å². The van der Waals surface area contributed by atoms with Gasteiger partial charge in [0.15, 0.2) is 0 Å². The number of nitrogens with one attached hydrogen (secondary N) is 2. The number of likely N-dealkylation sites (N-methyl/N-ethyl adjacent to an activating group) is 1. The molecule has 2 aromatic rings. The van der Waals surface area contributed by atoms with Gasteiger partial charge in [0.25, 0.3) is 0 Å². The van der Waals surface area contributed by atoms with E-state index in [0.29, 0.717) is 50.9 Å². The predicted molar refractivity (Wildman–Crippen MR) is 171 cm³/mol. The number of benzene rings is 2. The maximum atomic E-state index is 13.9. The number of aromatic hydroxyl groups is 1. The summed E-state index contributed by atoms with van der Waals surface area (Å²) >= 11 is 0. The van der Waals surface area contributed by atoms with E-state index in [4.69, 9.17) is 5.73 Å². The second-order valence-corrected chi connectivity index (χ2v) is 12.9. The van der Waals surface area contributed by atoms with Gasteiger partial charge in [0.2, 0.25) is 23.6 Å². The normalized spacial score (nSPS) is 19.6. The lowest BCUT2D eigenvalue weighted by Gasteiger charge is -2.31. The first kappa shape index (κ1) is 35.5. The number of carbonyl (C=O) groups is 4. The van der Waals surface area contributed by atoms with E-state index in [2.05, 4.69) is 10.6 Å². The van der Waals surface area contributed by atoms with Gasteiger partial charge >= 0.3 is 0 Å². The Kier molecular flexibility index (Phi) is 12.5. The summed E-state index contributed by atoms with van der Waals surface area (Å²) < 4.78 is 13.4. The lowest BCUT2D eigenvalue weighted by molar-refractivity contribution is -0.141. The number of carbonyl (C=O) groups excluding carboxylic acids is 4. The smallest absolute Gasteiger partial charge is 0.243 e. The second-order valence-electron chi connectivity index (χ2n) is 12.9. The number of phenols is 1. The lowest BCUT2D eigenvalue weighted by atomic mass is 9.84. The van der Waals surface area contributed by atoms with E-state index in [1.54, 1.807) is 29.2 Å². The first-order valence-electron chi connectivity index (χ1n) is 15.6. The van der Waals surface area contributed by atoms with Gasteiger partial charge in [-0.25, -0.2) is 4.39 Å². The number of rotatable bonds is 6. The Balaban J connectivity index is 1.88. The Morgan fingerprint density at radius 3 is 2.33 bits per heavy atom. The summed E-state index contributed by atoms with van der Waals surface area (Å²) in [5, 5.41) is 16.2. The van der Waals surface area contributed by atoms with Crippen LogP contribution >= 0.6 is 0 Å². The second kappa shape index (κ2) is 15.8. The molecule has 0 saturated carbocycles. The van der Waals surface area contributed by atoms with Gasteiger partial charge < -0.3 is 31.3 Å². The SMILES string of the molecule is CC(=O)N1CCCCC(N(C)C(=O)[C@@H](N)Cc2ccc(F)cc2)C(=O)NC(Cc2ccc(O)c(C(C)(C)C)c2)C(=O)NCCC1. The van der Waals surface area contributed by atoms with Crippen LogP contribution in [0.25, 0.3) is 0 Å². The predicted octanol–water partition coefficient (Wildman–Crippen LogP) is 2.79. The highest BCUT2D eigenvalue weighted by molar-refractivity contribution is 5.93. The van der Waals surface area contributed by atoms with Crippen molar-refractivity contribution in [2.75, 3.05) is 26.7 Å². The monoisotopic (exact) mass is 625 g/mol. The van der Waals surface area contributed by atoms with Crippen LogP contribution in [0.5, 0.6) is 5.75 Å². The molecule has 11 heteroatoms. The molecule has 45 heavy (non-hydrogen) atoms. The zero-order valence-electron chi connectivity index (χ0n) is 27.1. The van der Waals surface area contributed by atoms with Crippen LogP contribution in [0.1, 0.15) is 70.1 Å². The first-order chi connectivity index (χ1) is 21.2. The topological polar surface area (TPSA) is 145 Å². The van der Waals surface area contributed by atoms with Crippen molar-refractivity contribution in [3.63, 3.8) is 0 Å². The summed E-state index contributed by atoms with van der Waals surface area (Å²) in [5.41, 5.74) is 8.08. The van der Waals surface area contributed by atoms with Crippen molar-refractivity contribution in [2.24, 2.45) is 5.73 Å².